The molecule has 7 heteroatoms. The van der Waals surface area contributed by atoms with E-state index in [-0.39, 0.29) is 17.6 Å². The lowest BCUT2D eigenvalue weighted by Crippen LogP contribution is -2.43. The Kier molecular flexibility index (Phi) is 5.33. The Morgan fingerprint density at radius 2 is 2.00 bits per heavy atom. The van der Waals surface area contributed by atoms with Crippen LogP contribution in [0.15, 0.2) is 34.7 Å². The Morgan fingerprint density at radius 1 is 1.17 bits per heavy atom. The number of aromatic nitrogens is 2. The topological polar surface area (TPSA) is 63.2 Å². The molecule has 0 N–H and O–H groups in total. The molecule has 1 aromatic heterocycles. The third-order valence-electron chi connectivity index (χ3n) is 6.11. The van der Waals surface area contributed by atoms with Gasteiger partial charge in [-0.1, -0.05) is 53.4 Å². The van der Waals surface area contributed by atoms with Gasteiger partial charge in [0, 0.05) is 24.6 Å². The van der Waals surface area contributed by atoms with Crippen molar-refractivity contribution >= 4 is 45.6 Å². The zero-order valence-corrected chi connectivity index (χ0v) is 18.5. The molecule has 154 valence electrons. The molecule has 2 aliphatic rings. The fourth-order valence-electron chi connectivity index (χ4n) is 4.65. The van der Waals surface area contributed by atoms with Crippen LogP contribution in [0.1, 0.15) is 39.3 Å². The van der Waals surface area contributed by atoms with Crippen LogP contribution >= 0.6 is 23.1 Å². The zero-order valence-electron chi connectivity index (χ0n) is 16.9. The van der Waals surface area contributed by atoms with Crippen molar-refractivity contribution in [2.45, 2.75) is 36.9 Å². The predicted octanol–water partition coefficient (Wildman–Crippen LogP) is 4.31. The molecule has 1 aliphatic heterocycles. The first-order valence-electron chi connectivity index (χ1n) is 10.4. The average molecular weight is 438 g/mol. The number of carbonyl (C=O) groups is 2. The van der Waals surface area contributed by atoms with Gasteiger partial charge in [-0.25, -0.2) is 0 Å². The van der Waals surface area contributed by atoms with Crippen LogP contribution in [0.2, 0.25) is 0 Å². The van der Waals surface area contributed by atoms with Crippen LogP contribution in [0, 0.1) is 12.8 Å². The van der Waals surface area contributed by atoms with Crippen molar-refractivity contribution < 1.29 is 9.59 Å². The maximum Gasteiger partial charge on any atom is 0.233 e. The summed E-state index contributed by atoms with van der Waals surface area (Å²) in [4.78, 5) is 28.0. The molecule has 0 saturated carbocycles. The first kappa shape index (κ1) is 19.7. The molecule has 1 amide bonds. The van der Waals surface area contributed by atoms with Crippen molar-refractivity contribution in [2.75, 3.05) is 18.8 Å². The zero-order chi connectivity index (χ0) is 20.7. The molecular formula is C23H23N3O2S2. The number of hydrogen-bond acceptors (Lipinski definition) is 6. The van der Waals surface area contributed by atoms with Crippen molar-refractivity contribution in [3.63, 3.8) is 0 Å². The molecule has 0 radical (unpaired) electrons. The third-order valence-corrected chi connectivity index (χ3v) is 8.07. The normalized spacial score (nSPS) is 18.2. The Bertz CT molecular complexity index is 1130. The second-order valence-electron chi connectivity index (χ2n) is 8.03. The SMILES string of the molecule is Cc1nnc(SCC(=O)N2CCC[C@@H](C(=O)c3ccc4c5c(cccc35)CC4)C2)s1. The fourth-order valence-corrected chi connectivity index (χ4v) is 6.37. The minimum absolute atomic E-state index is 0.0748. The molecule has 0 unspecified atom stereocenters. The molecule has 2 heterocycles. The molecular weight excluding hydrogens is 414 g/mol. The van der Waals surface area contributed by atoms with Gasteiger partial charge in [0.25, 0.3) is 0 Å². The highest BCUT2D eigenvalue weighted by atomic mass is 32.2. The number of hydrogen-bond donors (Lipinski definition) is 0. The van der Waals surface area contributed by atoms with E-state index in [1.807, 2.05) is 17.9 Å². The van der Waals surface area contributed by atoms with E-state index < -0.39 is 0 Å². The maximum atomic E-state index is 13.4. The second-order valence-corrected chi connectivity index (χ2v) is 10.4. The van der Waals surface area contributed by atoms with Gasteiger partial charge in [0.05, 0.1) is 5.75 Å². The Balaban J connectivity index is 1.31. The molecule has 30 heavy (non-hydrogen) atoms. The lowest BCUT2D eigenvalue weighted by molar-refractivity contribution is -0.129. The number of carbonyl (C=O) groups excluding carboxylic acids is 2. The highest BCUT2D eigenvalue weighted by molar-refractivity contribution is 8.01. The smallest absolute Gasteiger partial charge is 0.233 e. The van der Waals surface area contributed by atoms with Crippen molar-refractivity contribution in [2.24, 2.45) is 5.92 Å². The van der Waals surface area contributed by atoms with Crippen LogP contribution in [-0.4, -0.2) is 45.6 Å². The summed E-state index contributed by atoms with van der Waals surface area (Å²) in [6.07, 6.45) is 3.82. The van der Waals surface area contributed by atoms with Gasteiger partial charge in [-0.2, -0.15) is 0 Å². The van der Waals surface area contributed by atoms with Crippen LogP contribution in [-0.2, 0) is 17.6 Å². The molecule has 1 saturated heterocycles. The van der Waals surface area contributed by atoms with E-state index in [0.29, 0.717) is 12.3 Å². The second kappa shape index (κ2) is 8.12. The van der Waals surface area contributed by atoms with Crippen molar-refractivity contribution in [3.8, 4) is 0 Å². The first-order chi connectivity index (χ1) is 14.6. The minimum atomic E-state index is -0.130. The van der Waals surface area contributed by atoms with Crippen LogP contribution in [0.25, 0.3) is 10.8 Å². The summed E-state index contributed by atoms with van der Waals surface area (Å²) in [5.74, 6) is 0.465. The van der Waals surface area contributed by atoms with E-state index in [0.717, 1.165) is 52.5 Å². The number of likely N-dealkylation sites (tertiary alicyclic amines) is 1. The fraction of sp³-hybridized carbons (Fsp3) is 0.391. The number of nitrogens with zero attached hydrogens (tertiary/aromatic N) is 3. The van der Waals surface area contributed by atoms with Gasteiger partial charge in [0.15, 0.2) is 10.1 Å². The molecule has 0 bridgehead atoms. The maximum absolute atomic E-state index is 13.4. The number of piperidine rings is 1. The standard InChI is InChI=1S/C23H23N3O2S2/c1-14-24-25-23(30-14)29-13-20(27)26-11-3-5-17(12-26)22(28)19-10-9-16-8-7-15-4-2-6-18(19)21(15)16/h2,4,6,9-10,17H,3,5,7-8,11-13H2,1H3/t17-/m1/s1. The Hall–Kier alpha value is -2.25. The molecule has 3 aromatic rings. The Labute approximate surface area is 183 Å². The van der Waals surface area contributed by atoms with E-state index in [4.69, 9.17) is 0 Å². The highest BCUT2D eigenvalue weighted by Crippen LogP contribution is 2.34. The van der Waals surface area contributed by atoms with E-state index in [9.17, 15) is 9.59 Å². The molecule has 5 rings (SSSR count). The van der Waals surface area contributed by atoms with Crippen LogP contribution < -0.4 is 0 Å². The molecule has 1 atom stereocenters. The van der Waals surface area contributed by atoms with Crippen LogP contribution in [0.4, 0.5) is 0 Å². The van der Waals surface area contributed by atoms with Crippen molar-refractivity contribution in [1.82, 2.24) is 15.1 Å². The monoisotopic (exact) mass is 437 g/mol. The Morgan fingerprint density at radius 3 is 2.80 bits per heavy atom. The largest absolute Gasteiger partial charge is 0.341 e. The summed E-state index contributed by atoms with van der Waals surface area (Å²) < 4.78 is 0.818. The van der Waals surface area contributed by atoms with Gasteiger partial charge in [-0.3, -0.25) is 9.59 Å². The number of aryl methyl sites for hydroxylation is 3. The van der Waals surface area contributed by atoms with E-state index in [1.165, 1.54) is 39.6 Å². The molecule has 1 fully saturated rings. The van der Waals surface area contributed by atoms with Crippen molar-refractivity contribution in [3.05, 3.63) is 52.0 Å². The highest BCUT2D eigenvalue weighted by Gasteiger charge is 2.30. The number of ketones is 1. The third kappa shape index (κ3) is 3.65. The molecule has 1 aliphatic carbocycles. The average Bonchev–Trinajstić information content (AvgIpc) is 3.39. The van der Waals surface area contributed by atoms with Crippen LogP contribution in [0.5, 0.6) is 0 Å². The number of thioether (sulfide) groups is 1. The van der Waals surface area contributed by atoms with Gasteiger partial charge >= 0.3 is 0 Å². The van der Waals surface area contributed by atoms with Crippen LogP contribution in [0.3, 0.4) is 0 Å². The molecule has 2 aromatic carbocycles. The van der Waals surface area contributed by atoms with Crippen molar-refractivity contribution in [1.29, 1.82) is 0 Å². The number of Topliss-reactive ketones (excluding diaryl/α,β-unsaturated/α-hetero) is 1. The number of rotatable bonds is 5. The summed E-state index contributed by atoms with van der Waals surface area (Å²) in [5.41, 5.74) is 3.51. The molecule has 5 nitrogen and oxygen atoms in total. The number of amides is 1. The first-order valence-corrected chi connectivity index (χ1v) is 12.2. The van der Waals surface area contributed by atoms with Gasteiger partial charge in [-0.15, -0.1) is 10.2 Å². The van der Waals surface area contributed by atoms with E-state index >= 15 is 0 Å². The van der Waals surface area contributed by atoms with Gasteiger partial charge < -0.3 is 4.90 Å². The quantitative estimate of drug-likeness (QED) is 0.440. The summed E-state index contributed by atoms with van der Waals surface area (Å²) in [5, 5.41) is 11.3. The summed E-state index contributed by atoms with van der Waals surface area (Å²) in [7, 11) is 0. The minimum Gasteiger partial charge on any atom is -0.341 e. The van der Waals surface area contributed by atoms with Gasteiger partial charge in [-0.05, 0) is 54.5 Å². The predicted molar refractivity (Wildman–Crippen MR) is 120 cm³/mol. The summed E-state index contributed by atoms with van der Waals surface area (Å²) in [6, 6.07) is 10.4. The van der Waals surface area contributed by atoms with Gasteiger partial charge in [0.2, 0.25) is 5.91 Å². The number of benzene rings is 2. The van der Waals surface area contributed by atoms with E-state index in [2.05, 4.69) is 34.5 Å². The summed E-state index contributed by atoms with van der Waals surface area (Å²) in [6.45, 7) is 3.14. The lowest BCUT2D eigenvalue weighted by Gasteiger charge is -2.32. The molecule has 0 spiro atoms. The van der Waals surface area contributed by atoms with E-state index in [1.54, 1.807) is 0 Å². The lowest BCUT2D eigenvalue weighted by atomic mass is 9.87. The summed E-state index contributed by atoms with van der Waals surface area (Å²) >= 11 is 2.93. The van der Waals surface area contributed by atoms with Gasteiger partial charge in [0.1, 0.15) is 5.01 Å².